The molecule has 0 aromatic heterocycles. The van der Waals surface area contributed by atoms with Gasteiger partial charge in [-0.25, -0.2) is 4.79 Å². The number of aliphatic hydroxyl groups is 1. The average molecular weight is 403 g/mol. The van der Waals surface area contributed by atoms with Crippen LogP contribution in [0.15, 0.2) is 42.5 Å². The van der Waals surface area contributed by atoms with E-state index >= 15 is 0 Å². The van der Waals surface area contributed by atoms with Gasteiger partial charge in [0.2, 0.25) is 0 Å². The number of phenolic OH excluding ortho intramolecular Hbond substituents is 1. The lowest BCUT2D eigenvalue weighted by molar-refractivity contribution is 0.0451. The van der Waals surface area contributed by atoms with Gasteiger partial charge in [0, 0.05) is 6.54 Å². The van der Waals surface area contributed by atoms with Gasteiger partial charge in [-0.05, 0) is 63.1 Å². The third-order valence-corrected chi connectivity index (χ3v) is 4.07. The molecule has 29 heavy (non-hydrogen) atoms. The van der Waals surface area contributed by atoms with Gasteiger partial charge in [-0.2, -0.15) is 0 Å². The molecule has 2 aromatic carbocycles. The Bertz CT molecular complexity index is 813. The number of alkyl carbamates (subject to hydrolysis) is 1. The van der Waals surface area contributed by atoms with Crippen LogP contribution in [0.25, 0.3) is 0 Å². The smallest absolute Gasteiger partial charge is 0.407 e. The Hall–Kier alpha value is -2.93. The van der Waals surface area contributed by atoms with Gasteiger partial charge in [-0.3, -0.25) is 0 Å². The first-order valence-corrected chi connectivity index (χ1v) is 9.36. The van der Waals surface area contributed by atoms with Gasteiger partial charge in [0.25, 0.3) is 0 Å². The van der Waals surface area contributed by atoms with E-state index in [1.54, 1.807) is 71.2 Å². The van der Waals surface area contributed by atoms with Crippen molar-refractivity contribution >= 4 is 6.09 Å². The summed E-state index contributed by atoms with van der Waals surface area (Å²) in [6.07, 6.45) is -2.05. The molecule has 0 aliphatic rings. The molecule has 7 nitrogen and oxygen atoms in total. The average Bonchev–Trinajstić information content (AvgIpc) is 2.66. The minimum absolute atomic E-state index is 0.0557. The van der Waals surface area contributed by atoms with Crippen LogP contribution in [0.2, 0.25) is 0 Å². The van der Waals surface area contributed by atoms with Gasteiger partial charge < -0.3 is 29.7 Å². The lowest BCUT2D eigenvalue weighted by Gasteiger charge is -2.22. The van der Waals surface area contributed by atoms with E-state index in [2.05, 4.69) is 5.32 Å². The van der Waals surface area contributed by atoms with Gasteiger partial charge in [0.1, 0.15) is 23.6 Å². The molecule has 2 aromatic rings. The van der Waals surface area contributed by atoms with E-state index in [-0.39, 0.29) is 18.0 Å². The Labute approximate surface area is 171 Å². The monoisotopic (exact) mass is 403 g/mol. The summed E-state index contributed by atoms with van der Waals surface area (Å²) in [5, 5.41) is 23.3. The van der Waals surface area contributed by atoms with E-state index in [0.29, 0.717) is 11.3 Å². The highest BCUT2D eigenvalue weighted by Gasteiger charge is 2.20. The van der Waals surface area contributed by atoms with E-state index in [9.17, 15) is 15.0 Å². The van der Waals surface area contributed by atoms with E-state index < -0.39 is 23.9 Å². The summed E-state index contributed by atoms with van der Waals surface area (Å²) >= 11 is 0. The normalized spacial score (nSPS) is 13.3. The standard InChI is InChI=1S/C22H29NO6/c1-14(20(25)16-7-9-17(27-5)10-8-16)28-19-12-15(6-11-18(19)24)13-23-21(26)29-22(2,3)4/h6-12,14,20,24-25H,13H2,1-5H3,(H,23,26). The molecule has 0 aliphatic heterocycles. The van der Waals surface area contributed by atoms with Crippen molar-refractivity contribution in [3.05, 3.63) is 53.6 Å². The van der Waals surface area contributed by atoms with Crippen LogP contribution in [0.1, 0.15) is 44.9 Å². The van der Waals surface area contributed by atoms with Crippen LogP contribution in [-0.2, 0) is 11.3 Å². The van der Waals surface area contributed by atoms with Crippen molar-refractivity contribution in [3.8, 4) is 17.2 Å². The Kier molecular flexibility index (Phi) is 7.34. The Morgan fingerprint density at radius 1 is 1.14 bits per heavy atom. The molecular formula is C22H29NO6. The molecule has 158 valence electrons. The van der Waals surface area contributed by atoms with Crippen LogP contribution < -0.4 is 14.8 Å². The third-order valence-electron chi connectivity index (χ3n) is 4.07. The van der Waals surface area contributed by atoms with Gasteiger partial charge in [0.15, 0.2) is 11.5 Å². The van der Waals surface area contributed by atoms with Crippen molar-refractivity contribution in [2.24, 2.45) is 0 Å². The van der Waals surface area contributed by atoms with E-state index in [4.69, 9.17) is 14.2 Å². The first-order valence-electron chi connectivity index (χ1n) is 9.36. The fraction of sp³-hybridized carbons (Fsp3) is 0.409. The summed E-state index contributed by atoms with van der Waals surface area (Å²) < 4.78 is 16.1. The molecule has 2 unspecified atom stereocenters. The molecule has 0 heterocycles. The van der Waals surface area contributed by atoms with Crippen molar-refractivity contribution in [2.45, 2.75) is 52.0 Å². The minimum Gasteiger partial charge on any atom is -0.504 e. The molecule has 3 N–H and O–H groups in total. The fourth-order valence-electron chi connectivity index (χ4n) is 2.59. The molecule has 2 atom stereocenters. The molecule has 0 saturated heterocycles. The van der Waals surface area contributed by atoms with E-state index in [0.717, 1.165) is 5.56 Å². The molecule has 0 spiro atoms. The SMILES string of the molecule is COc1ccc(C(O)C(C)Oc2cc(CNC(=O)OC(C)(C)C)ccc2O)cc1. The van der Waals surface area contributed by atoms with E-state index in [1.807, 2.05) is 0 Å². The molecule has 1 amide bonds. The predicted octanol–water partition coefficient (Wildman–Crippen LogP) is 3.93. The number of aromatic hydroxyl groups is 1. The number of rotatable bonds is 7. The summed E-state index contributed by atoms with van der Waals surface area (Å²) in [4.78, 5) is 11.8. The van der Waals surface area contributed by atoms with Gasteiger partial charge >= 0.3 is 6.09 Å². The van der Waals surface area contributed by atoms with Crippen molar-refractivity contribution < 1.29 is 29.2 Å². The Morgan fingerprint density at radius 3 is 2.38 bits per heavy atom. The van der Waals surface area contributed by atoms with Crippen LogP contribution in [0.4, 0.5) is 4.79 Å². The maximum absolute atomic E-state index is 11.8. The highest BCUT2D eigenvalue weighted by atomic mass is 16.6. The number of ether oxygens (including phenoxy) is 3. The minimum atomic E-state index is -0.899. The molecule has 0 aliphatic carbocycles. The lowest BCUT2D eigenvalue weighted by atomic mass is 10.1. The molecule has 0 fully saturated rings. The topological polar surface area (TPSA) is 97.2 Å². The highest BCUT2D eigenvalue weighted by Crippen LogP contribution is 2.31. The van der Waals surface area contributed by atoms with Crippen molar-refractivity contribution in [1.82, 2.24) is 5.32 Å². The second-order valence-electron chi connectivity index (χ2n) is 7.70. The Morgan fingerprint density at radius 2 is 1.79 bits per heavy atom. The first-order chi connectivity index (χ1) is 13.6. The number of methoxy groups -OCH3 is 1. The van der Waals surface area contributed by atoms with Crippen LogP contribution in [0.3, 0.4) is 0 Å². The maximum atomic E-state index is 11.8. The molecule has 0 bridgehead atoms. The number of phenols is 1. The fourth-order valence-corrected chi connectivity index (χ4v) is 2.59. The largest absolute Gasteiger partial charge is 0.504 e. The summed E-state index contributed by atoms with van der Waals surface area (Å²) in [5.74, 6) is 0.853. The Balaban J connectivity index is 2.02. The number of amides is 1. The number of hydrogen-bond donors (Lipinski definition) is 3. The van der Waals surface area contributed by atoms with Crippen molar-refractivity contribution in [3.63, 3.8) is 0 Å². The number of hydrogen-bond acceptors (Lipinski definition) is 6. The second-order valence-corrected chi connectivity index (χ2v) is 7.70. The maximum Gasteiger partial charge on any atom is 0.407 e. The first kappa shape index (κ1) is 22.4. The number of carbonyl (C=O) groups excluding carboxylic acids is 1. The number of nitrogens with one attached hydrogen (secondary N) is 1. The zero-order chi connectivity index (χ0) is 21.6. The number of benzene rings is 2. The summed E-state index contributed by atoms with van der Waals surface area (Å²) in [6.45, 7) is 7.28. The van der Waals surface area contributed by atoms with Crippen LogP contribution in [0.5, 0.6) is 17.2 Å². The van der Waals surface area contributed by atoms with Crippen LogP contribution in [0, 0.1) is 0 Å². The van der Waals surface area contributed by atoms with Gasteiger partial charge in [-0.15, -0.1) is 0 Å². The molecular weight excluding hydrogens is 374 g/mol. The van der Waals surface area contributed by atoms with E-state index in [1.165, 1.54) is 6.07 Å². The molecule has 2 rings (SSSR count). The van der Waals surface area contributed by atoms with Crippen LogP contribution in [-0.4, -0.2) is 35.1 Å². The van der Waals surface area contributed by atoms with Crippen molar-refractivity contribution in [2.75, 3.05) is 7.11 Å². The zero-order valence-electron chi connectivity index (χ0n) is 17.4. The number of carbonyl (C=O) groups is 1. The number of aliphatic hydroxyl groups excluding tert-OH is 1. The summed E-state index contributed by atoms with van der Waals surface area (Å²) in [6, 6.07) is 11.8. The second kappa shape index (κ2) is 9.52. The molecule has 7 heteroatoms. The molecule has 0 radical (unpaired) electrons. The quantitative estimate of drug-likeness (QED) is 0.648. The van der Waals surface area contributed by atoms with Crippen molar-refractivity contribution in [1.29, 1.82) is 0 Å². The predicted molar refractivity (Wildman–Crippen MR) is 109 cm³/mol. The molecule has 0 saturated carbocycles. The van der Waals surface area contributed by atoms with Crippen LogP contribution >= 0.6 is 0 Å². The summed E-state index contributed by atoms with van der Waals surface area (Å²) in [7, 11) is 1.57. The lowest BCUT2D eigenvalue weighted by Crippen LogP contribution is -2.32. The van der Waals surface area contributed by atoms with Gasteiger partial charge in [-0.1, -0.05) is 18.2 Å². The van der Waals surface area contributed by atoms with Gasteiger partial charge in [0.05, 0.1) is 7.11 Å². The summed E-state index contributed by atoms with van der Waals surface area (Å²) in [5.41, 5.74) is 0.802. The zero-order valence-corrected chi connectivity index (χ0v) is 17.4. The third kappa shape index (κ3) is 6.87. The highest BCUT2D eigenvalue weighted by molar-refractivity contribution is 5.67.